The van der Waals surface area contributed by atoms with Crippen LogP contribution in [-0.2, 0) is 9.53 Å². The van der Waals surface area contributed by atoms with Gasteiger partial charge >= 0.3 is 5.97 Å². The molecule has 5 nitrogen and oxygen atoms in total. The predicted molar refractivity (Wildman–Crippen MR) is 157 cm³/mol. The van der Waals surface area contributed by atoms with Crippen molar-refractivity contribution in [1.29, 1.82) is 0 Å². The predicted octanol–water partition coefficient (Wildman–Crippen LogP) is 8.25. The lowest BCUT2D eigenvalue weighted by atomic mass is 9.90. The fraction of sp³-hybridized carbons (Fsp3) is 0.176. The number of pyridine rings is 1. The molecule has 1 atom stereocenters. The van der Waals surface area contributed by atoms with E-state index in [9.17, 15) is 9.90 Å². The summed E-state index contributed by atoms with van der Waals surface area (Å²) in [6, 6.07) is 33.0. The first kappa shape index (κ1) is 24.8. The molecule has 0 bridgehead atoms. The maximum Gasteiger partial charge on any atom is 0.337 e. The van der Waals surface area contributed by atoms with Crippen molar-refractivity contribution >= 4 is 38.7 Å². The molecule has 0 saturated heterocycles. The van der Waals surface area contributed by atoms with Crippen LogP contribution >= 0.6 is 0 Å². The zero-order chi connectivity index (χ0) is 27.3. The molecule has 194 valence electrons. The second-order valence-corrected chi connectivity index (χ2v) is 10.9. The van der Waals surface area contributed by atoms with Gasteiger partial charge in [-0.05, 0) is 75.2 Å². The number of carboxylic acid groups (broad SMARTS) is 1. The summed E-state index contributed by atoms with van der Waals surface area (Å²) in [5.41, 5.74) is 6.45. The minimum atomic E-state index is -1.17. The molecule has 0 aliphatic rings. The largest absolute Gasteiger partial charge is 0.479 e. The van der Waals surface area contributed by atoms with Crippen molar-refractivity contribution in [3.63, 3.8) is 0 Å². The van der Waals surface area contributed by atoms with Crippen LogP contribution in [0.4, 0.5) is 0 Å². The molecule has 6 aromatic rings. The second-order valence-electron chi connectivity index (χ2n) is 10.9. The Hall–Kier alpha value is -4.48. The molecule has 0 amide bonds. The van der Waals surface area contributed by atoms with Crippen LogP contribution in [0.2, 0.25) is 0 Å². The van der Waals surface area contributed by atoms with E-state index in [0.717, 1.165) is 49.5 Å². The number of ether oxygens (including phenoxy) is 1. The van der Waals surface area contributed by atoms with Gasteiger partial charge in [0.25, 0.3) is 0 Å². The van der Waals surface area contributed by atoms with E-state index in [-0.39, 0.29) is 0 Å². The van der Waals surface area contributed by atoms with Crippen LogP contribution < -0.4 is 0 Å². The van der Waals surface area contributed by atoms with Gasteiger partial charge in [0.2, 0.25) is 0 Å². The number of carboxylic acids is 1. The monoisotopic (exact) mass is 514 g/mol. The van der Waals surface area contributed by atoms with Crippen LogP contribution in [0.15, 0.2) is 97.1 Å². The molecule has 2 heterocycles. The minimum absolute atomic E-state index is 0.585. The van der Waals surface area contributed by atoms with Crippen LogP contribution in [0.1, 0.15) is 38.1 Å². The maximum atomic E-state index is 12.6. The molecule has 0 radical (unpaired) electrons. The van der Waals surface area contributed by atoms with Crippen LogP contribution in [0.25, 0.3) is 49.5 Å². The van der Waals surface area contributed by atoms with E-state index in [0.29, 0.717) is 11.3 Å². The van der Waals surface area contributed by atoms with Crippen molar-refractivity contribution in [2.45, 2.75) is 39.4 Å². The van der Waals surface area contributed by atoms with Crippen molar-refractivity contribution in [1.82, 2.24) is 9.55 Å². The number of nitrogens with zero attached hydrogens (tertiary/aromatic N) is 2. The van der Waals surface area contributed by atoms with Gasteiger partial charge in [0.05, 0.1) is 22.2 Å². The molecular formula is C34H30N2O3. The number of benzene rings is 4. The van der Waals surface area contributed by atoms with E-state index in [1.807, 2.05) is 70.2 Å². The highest BCUT2D eigenvalue weighted by Gasteiger charge is 2.32. The Morgan fingerprint density at radius 2 is 1.46 bits per heavy atom. The van der Waals surface area contributed by atoms with Gasteiger partial charge in [-0.1, -0.05) is 60.7 Å². The topological polar surface area (TPSA) is 64.4 Å². The number of rotatable bonds is 5. The molecule has 1 N–H and O–H groups in total. The molecule has 0 saturated carbocycles. The smallest absolute Gasteiger partial charge is 0.337 e. The molecule has 0 aliphatic carbocycles. The highest BCUT2D eigenvalue weighted by atomic mass is 16.5. The zero-order valence-electron chi connectivity index (χ0n) is 22.5. The Balaban J connectivity index is 1.69. The van der Waals surface area contributed by atoms with Crippen LogP contribution in [0.5, 0.6) is 0 Å². The van der Waals surface area contributed by atoms with Gasteiger partial charge in [-0.25, -0.2) is 4.79 Å². The fourth-order valence-electron chi connectivity index (χ4n) is 5.55. The van der Waals surface area contributed by atoms with E-state index in [2.05, 4.69) is 59.2 Å². The lowest BCUT2D eigenvalue weighted by Crippen LogP contribution is -2.28. The van der Waals surface area contributed by atoms with E-state index in [4.69, 9.17) is 9.72 Å². The fourth-order valence-corrected chi connectivity index (χ4v) is 5.55. The van der Waals surface area contributed by atoms with Crippen LogP contribution in [0.3, 0.4) is 0 Å². The number of aromatic nitrogens is 2. The number of aryl methyl sites for hydroxylation is 1. The second kappa shape index (κ2) is 9.37. The molecule has 6 rings (SSSR count). The van der Waals surface area contributed by atoms with Gasteiger partial charge in [-0.2, -0.15) is 0 Å². The van der Waals surface area contributed by atoms with Gasteiger partial charge < -0.3 is 14.4 Å². The van der Waals surface area contributed by atoms with Crippen molar-refractivity contribution in [2.24, 2.45) is 0 Å². The summed E-state index contributed by atoms with van der Waals surface area (Å²) >= 11 is 0. The first-order valence-corrected chi connectivity index (χ1v) is 13.1. The van der Waals surface area contributed by atoms with Gasteiger partial charge in [0.15, 0.2) is 6.10 Å². The Morgan fingerprint density at radius 3 is 2.18 bits per heavy atom. The highest BCUT2D eigenvalue weighted by Crippen LogP contribution is 2.42. The number of aliphatic carboxylic acids is 1. The normalized spacial score (nSPS) is 12.8. The lowest BCUT2D eigenvalue weighted by Gasteiger charge is -2.28. The number of carbonyl (C=O) groups is 1. The molecule has 0 aliphatic heterocycles. The average molecular weight is 515 g/mol. The molecule has 2 aromatic heterocycles. The van der Waals surface area contributed by atoms with Gasteiger partial charge in [-0.15, -0.1) is 0 Å². The lowest BCUT2D eigenvalue weighted by molar-refractivity contribution is -0.160. The summed E-state index contributed by atoms with van der Waals surface area (Å²) in [6.07, 6.45) is -1.17. The Morgan fingerprint density at radius 1 is 0.821 bits per heavy atom. The summed E-state index contributed by atoms with van der Waals surface area (Å²) in [5, 5.41) is 13.5. The van der Waals surface area contributed by atoms with Crippen LogP contribution in [-0.4, -0.2) is 26.2 Å². The molecular weight excluding hydrogens is 484 g/mol. The summed E-state index contributed by atoms with van der Waals surface area (Å²) in [5.74, 6) is -1.03. The Bertz CT molecular complexity index is 1860. The SMILES string of the molecule is Cc1nc2ccccc2c(-c2ccc3c(c2)c2ccccc2n3-c2ccccc2)c1C(OC(C)(C)C)C(=O)O. The number of hydrogen-bond acceptors (Lipinski definition) is 3. The Labute approximate surface area is 227 Å². The summed E-state index contributed by atoms with van der Waals surface area (Å²) in [6.45, 7) is 7.48. The van der Waals surface area contributed by atoms with Gasteiger partial charge in [0, 0.05) is 33.1 Å². The average Bonchev–Trinajstić information content (AvgIpc) is 3.25. The quantitative estimate of drug-likeness (QED) is 0.252. The van der Waals surface area contributed by atoms with E-state index in [1.165, 1.54) is 0 Å². The first-order valence-electron chi connectivity index (χ1n) is 13.1. The van der Waals surface area contributed by atoms with Gasteiger partial charge in [0.1, 0.15) is 0 Å². The van der Waals surface area contributed by atoms with Crippen molar-refractivity contribution in [2.75, 3.05) is 0 Å². The molecule has 0 fully saturated rings. The number of fused-ring (bicyclic) bond motifs is 4. The van der Waals surface area contributed by atoms with Crippen molar-refractivity contribution in [3.8, 4) is 16.8 Å². The standard InChI is InChI=1S/C34H30N2O3/c1-21-30(32(33(37)38)39-34(2,3)4)31(25-15-8-10-16-27(25)35-21)22-18-19-29-26(20-22)24-14-9-11-17-28(24)36(29)23-12-6-5-7-13-23/h5-20,32H,1-4H3,(H,37,38). The third-order valence-corrected chi connectivity index (χ3v) is 7.05. The number of para-hydroxylation sites is 3. The summed E-state index contributed by atoms with van der Waals surface area (Å²) in [4.78, 5) is 17.4. The van der Waals surface area contributed by atoms with Crippen LogP contribution in [0, 0.1) is 6.92 Å². The van der Waals surface area contributed by atoms with E-state index in [1.54, 1.807) is 0 Å². The zero-order valence-corrected chi connectivity index (χ0v) is 22.5. The third kappa shape index (κ3) is 4.35. The van der Waals surface area contributed by atoms with E-state index >= 15 is 0 Å². The highest BCUT2D eigenvalue weighted by molar-refractivity contribution is 6.11. The third-order valence-electron chi connectivity index (χ3n) is 7.05. The molecule has 39 heavy (non-hydrogen) atoms. The minimum Gasteiger partial charge on any atom is -0.479 e. The Kier molecular flexibility index (Phi) is 5.96. The summed E-state index contributed by atoms with van der Waals surface area (Å²) < 4.78 is 8.43. The van der Waals surface area contributed by atoms with Gasteiger partial charge in [-0.3, -0.25) is 4.98 Å². The van der Waals surface area contributed by atoms with Crippen molar-refractivity contribution in [3.05, 3.63) is 108 Å². The summed E-state index contributed by atoms with van der Waals surface area (Å²) in [7, 11) is 0. The van der Waals surface area contributed by atoms with E-state index < -0.39 is 17.7 Å². The molecule has 5 heteroatoms. The molecule has 0 spiro atoms. The van der Waals surface area contributed by atoms with Crippen molar-refractivity contribution < 1.29 is 14.6 Å². The molecule has 4 aromatic carbocycles. The number of hydrogen-bond donors (Lipinski definition) is 1. The first-order chi connectivity index (χ1) is 18.7. The molecule has 1 unspecified atom stereocenters. The maximum absolute atomic E-state index is 12.6.